The van der Waals surface area contributed by atoms with E-state index in [-0.39, 0.29) is 5.57 Å². The molecule has 4 aromatic rings. The summed E-state index contributed by atoms with van der Waals surface area (Å²) < 4.78 is 13.2. The SMILES string of the molecule is COc1cc(/C=C2\C(=O)NC(=O)N(c3ccc(Br)cc3)C2=O)cc(Br)c1OCc1c(C)ccc2ccccc12. The fourth-order valence-corrected chi connectivity index (χ4v) is 5.23. The molecule has 0 atom stereocenters. The van der Waals surface area contributed by atoms with Gasteiger partial charge in [-0.25, -0.2) is 9.69 Å². The molecule has 1 heterocycles. The summed E-state index contributed by atoms with van der Waals surface area (Å²) in [5, 5.41) is 4.47. The number of carbonyl (C=O) groups excluding carboxylic acids is 3. The van der Waals surface area contributed by atoms with Gasteiger partial charge in [0.2, 0.25) is 0 Å². The maximum Gasteiger partial charge on any atom is 0.335 e. The van der Waals surface area contributed by atoms with Crippen LogP contribution in [0.2, 0.25) is 0 Å². The topological polar surface area (TPSA) is 84.9 Å². The average Bonchev–Trinajstić information content (AvgIpc) is 2.92. The number of nitrogens with one attached hydrogen (secondary N) is 1. The number of ether oxygens (including phenoxy) is 2. The van der Waals surface area contributed by atoms with Crippen LogP contribution >= 0.6 is 31.9 Å². The first-order chi connectivity index (χ1) is 18.8. The highest BCUT2D eigenvalue weighted by Gasteiger charge is 2.36. The fourth-order valence-electron chi connectivity index (χ4n) is 4.39. The van der Waals surface area contributed by atoms with E-state index in [1.54, 1.807) is 36.4 Å². The Morgan fingerprint density at radius 3 is 2.44 bits per heavy atom. The molecule has 1 aliphatic heterocycles. The number of nitrogens with zero attached hydrogens (tertiary/aromatic N) is 1. The molecule has 1 saturated heterocycles. The quantitative estimate of drug-likeness (QED) is 0.181. The Morgan fingerprint density at radius 1 is 0.949 bits per heavy atom. The van der Waals surface area contributed by atoms with Crippen molar-refractivity contribution >= 4 is 72.2 Å². The van der Waals surface area contributed by atoms with Crippen LogP contribution in [0, 0.1) is 6.92 Å². The van der Waals surface area contributed by atoms with E-state index in [1.807, 2.05) is 19.1 Å². The number of aryl methyl sites for hydroxylation is 1. The molecule has 5 rings (SSSR count). The highest BCUT2D eigenvalue weighted by Crippen LogP contribution is 2.38. The molecule has 0 aromatic heterocycles. The summed E-state index contributed by atoms with van der Waals surface area (Å²) in [6.07, 6.45) is 1.42. The molecular formula is C30H22Br2N2O5. The van der Waals surface area contributed by atoms with E-state index in [1.165, 1.54) is 13.2 Å². The second-order valence-corrected chi connectivity index (χ2v) is 10.6. The second-order valence-electron chi connectivity index (χ2n) is 8.84. The number of carbonyl (C=O) groups is 3. The Hall–Kier alpha value is -3.95. The predicted octanol–water partition coefficient (Wildman–Crippen LogP) is 6.93. The average molecular weight is 650 g/mol. The minimum absolute atomic E-state index is 0.188. The van der Waals surface area contributed by atoms with Crippen LogP contribution in [0.1, 0.15) is 16.7 Å². The molecule has 39 heavy (non-hydrogen) atoms. The van der Waals surface area contributed by atoms with Gasteiger partial charge in [-0.2, -0.15) is 0 Å². The highest BCUT2D eigenvalue weighted by molar-refractivity contribution is 9.10. The van der Waals surface area contributed by atoms with Gasteiger partial charge in [0, 0.05) is 10.0 Å². The van der Waals surface area contributed by atoms with Crippen LogP contribution in [0.4, 0.5) is 10.5 Å². The number of anilines is 1. The van der Waals surface area contributed by atoms with E-state index < -0.39 is 17.8 Å². The number of hydrogen-bond donors (Lipinski definition) is 1. The fraction of sp³-hybridized carbons (Fsp3) is 0.100. The summed E-state index contributed by atoms with van der Waals surface area (Å²) in [6.45, 7) is 2.36. The van der Waals surface area contributed by atoms with Crippen LogP contribution in [0.25, 0.3) is 16.8 Å². The zero-order valence-corrected chi connectivity index (χ0v) is 24.1. The Labute approximate surface area is 241 Å². The van der Waals surface area contributed by atoms with E-state index in [0.717, 1.165) is 31.3 Å². The lowest BCUT2D eigenvalue weighted by molar-refractivity contribution is -0.122. The number of amides is 4. The zero-order valence-electron chi connectivity index (χ0n) is 21.0. The van der Waals surface area contributed by atoms with Gasteiger partial charge >= 0.3 is 6.03 Å². The number of methoxy groups -OCH3 is 1. The lowest BCUT2D eigenvalue weighted by Crippen LogP contribution is -2.54. The number of benzene rings is 4. The molecule has 1 N–H and O–H groups in total. The smallest absolute Gasteiger partial charge is 0.335 e. The second kappa shape index (κ2) is 11.0. The van der Waals surface area contributed by atoms with Gasteiger partial charge in [0.15, 0.2) is 11.5 Å². The molecule has 0 aliphatic carbocycles. The number of urea groups is 1. The summed E-state index contributed by atoms with van der Waals surface area (Å²) in [4.78, 5) is 39.3. The van der Waals surface area contributed by atoms with E-state index in [0.29, 0.717) is 33.8 Å². The van der Waals surface area contributed by atoms with Crippen molar-refractivity contribution in [3.8, 4) is 11.5 Å². The lowest BCUT2D eigenvalue weighted by atomic mass is 10.0. The molecule has 196 valence electrons. The van der Waals surface area contributed by atoms with Gasteiger partial charge in [-0.1, -0.05) is 52.3 Å². The maximum absolute atomic E-state index is 13.2. The molecule has 0 saturated carbocycles. The first-order valence-electron chi connectivity index (χ1n) is 11.9. The van der Waals surface area contributed by atoms with Crippen molar-refractivity contribution in [1.29, 1.82) is 0 Å². The van der Waals surface area contributed by atoms with Crippen molar-refractivity contribution in [1.82, 2.24) is 5.32 Å². The van der Waals surface area contributed by atoms with E-state index in [9.17, 15) is 14.4 Å². The minimum atomic E-state index is -0.810. The number of imide groups is 2. The molecule has 1 fully saturated rings. The monoisotopic (exact) mass is 648 g/mol. The van der Waals surface area contributed by atoms with Crippen LogP contribution in [-0.2, 0) is 16.2 Å². The third-order valence-electron chi connectivity index (χ3n) is 6.38. The lowest BCUT2D eigenvalue weighted by Gasteiger charge is -2.26. The Bertz CT molecular complexity index is 1660. The number of halogens is 2. The van der Waals surface area contributed by atoms with Crippen molar-refractivity contribution in [2.75, 3.05) is 12.0 Å². The number of hydrogen-bond acceptors (Lipinski definition) is 5. The number of fused-ring (bicyclic) bond motifs is 1. The number of barbiturate groups is 1. The number of rotatable bonds is 6. The summed E-state index contributed by atoms with van der Waals surface area (Å²) in [5.74, 6) is -0.607. The standard InChI is InChI=1S/C30H22Br2N2O5/c1-17-7-8-19-5-3-4-6-22(19)24(17)16-39-27-25(32)14-18(15-26(27)38-2)13-23-28(35)33-30(37)34(29(23)36)21-11-9-20(31)10-12-21/h3-15H,16H2,1-2H3,(H,33,35,37)/b23-13+. The highest BCUT2D eigenvalue weighted by atomic mass is 79.9. The Balaban J connectivity index is 1.45. The van der Waals surface area contributed by atoms with Crippen molar-refractivity contribution in [2.24, 2.45) is 0 Å². The molecular weight excluding hydrogens is 628 g/mol. The van der Waals surface area contributed by atoms with Crippen molar-refractivity contribution in [3.63, 3.8) is 0 Å². The van der Waals surface area contributed by atoms with Gasteiger partial charge in [0.1, 0.15) is 12.2 Å². The third kappa shape index (κ3) is 5.32. The normalized spacial score (nSPS) is 14.6. The third-order valence-corrected chi connectivity index (χ3v) is 7.50. The van der Waals surface area contributed by atoms with Crippen LogP contribution in [0.3, 0.4) is 0 Å². The predicted molar refractivity (Wildman–Crippen MR) is 157 cm³/mol. The van der Waals surface area contributed by atoms with Gasteiger partial charge in [-0.3, -0.25) is 14.9 Å². The summed E-state index contributed by atoms with van der Waals surface area (Å²) in [7, 11) is 1.52. The molecule has 4 aromatic carbocycles. The van der Waals surface area contributed by atoms with Gasteiger partial charge < -0.3 is 9.47 Å². The van der Waals surface area contributed by atoms with Crippen LogP contribution < -0.4 is 19.7 Å². The van der Waals surface area contributed by atoms with Gasteiger partial charge in [-0.05, 0) is 87.2 Å². The van der Waals surface area contributed by atoms with Crippen molar-refractivity contribution in [2.45, 2.75) is 13.5 Å². The molecule has 0 bridgehead atoms. The van der Waals surface area contributed by atoms with E-state index in [2.05, 4.69) is 61.4 Å². The summed E-state index contributed by atoms with van der Waals surface area (Å²) in [5.41, 5.74) is 2.83. The molecule has 0 spiro atoms. The van der Waals surface area contributed by atoms with Gasteiger partial charge in [0.05, 0.1) is 17.3 Å². The zero-order chi connectivity index (χ0) is 27.7. The van der Waals surface area contributed by atoms with E-state index >= 15 is 0 Å². The molecule has 0 unspecified atom stereocenters. The molecule has 1 aliphatic rings. The van der Waals surface area contributed by atoms with Gasteiger partial charge in [0.25, 0.3) is 11.8 Å². The summed E-state index contributed by atoms with van der Waals surface area (Å²) in [6, 6.07) is 21.5. The molecule has 0 radical (unpaired) electrons. The van der Waals surface area contributed by atoms with Crippen molar-refractivity contribution in [3.05, 3.63) is 104 Å². The Morgan fingerprint density at radius 2 is 1.69 bits per heavy atom. The summed E-state index contributed by atoms with van der Waals surface area (Å²) >= 11 is 6.89. The molecule has 4 amide bonds. The van der Waals surface area contributed by atoms with Crippen LogP contribution in [-0.4, -0.2) is 25.0 Å². The first kappa shape index (κ1) is 26.6. The van der Waals surface area contributed by atoms with Crippen LogP contribution in [0.15, 0.2) is 87.3 Å². The maximum atomic E-state index is 13.2. The molecule has 9 heteroatoms. The first-order valence-corrected chi connectivity index (χ1v) is 13.5. The Kier molecular flexibility index (Phi) is 7.54. The van der Waals surface area contributed by atoms with Gasteiger partial charge in [-0.15, -0.1) is 0 Å². The van der Waals surface area contributed by atoms with E-state index in [4.69, 9.17) is 9.47 Å². The van der Waals surface area contributed by atoms with Crippen molar-refractivity contribution < 1.29 is 23.9 Å². The minimum Gasteiger partial charge on any atom is -0.493 e. The molecule has 7 nitrogen and oxygen atoms in total. The largest absolute Gasteiger partial charge is 0.493 e. The van der Waals surface area contributed by atoms with Crippen LogP contribution in [0.5, 0.6) is 11.5 Å².